The van der Waals surface area contributed by atoms with Crippen molar-refractivity contribution in [3.63, 3.8) is 0 Å². The molecule has 0 bridgehead atoms. The monoisotopic (exact) mass is 196 g/mol. The van der Waals surface area contributed by atoms with Crippen molar-refractivity contribution in [2.75, 3.05) is 14.2 Å². The third kappa shape index (κ3) is 2.17. The lowest BCUT2D eigenvalue weighted by atomic mass is 10.1. The van der Waals surface area contributed by atoms with Crippen LogP contribution in [0.2, 0.25) is 0 Å². The molecule has 0 heterocycles. The first-order valence-corrected chi connectivity index (χ1v) is 4.63. The summed E-state index contributed by atoms with van der Waals surface area (Å²) in [5, 5.41) is 9.62. The zero-order chi connectivity index (χ0) is 10.6. The summed E-state index contributed by atoms with van der Waals surface area (Å²) < 4.78 is 10.2. The Kier molecular flexibility index (Phi) is 3.77. The summed E-state index contributed by atoms with van der Waals surface area (Å²) in [7, 11) is 3.17. The van der Waals surface area contributed by atoms with Crippen LogP contribution in [-0.4, -0.2) is 19.3 Å². The molecule has 0 spiro atoms. The van der Waals surface area contributed by atoms with Crippen molar-refractivity contribution in [2.45, 2.75) is 19.4 Å². The quantitative estimate of drug-likeness (QED) is 0.801. The Labute approximate surface area is 84.3 Å². The van der Waals surface area contributed by atoms with E-state index in [9.17, 15) is 5.11 Å². The van der Waals surface area contributed by atoms with Gasteiger partial charge in [-0.15, -0.1) is 0 Å². The van der Waals surface area contributed by atoms with Crippen LogP contribution in [0.25, 0.3) is 0 Å². The number of methoxy groups -OCH3 is 2. The van der Waals surface area contributed by atoms with E-state index in [0.717, 1.165) is 5.56 Å². The molecule has 1 atom stereocenters. The molecule has 1 N–H and O–H groups in total. The first-order chi connectivity index (χ1) is 6.72. The number of benzene rings is 1. The lowest BCUT2D eigenvalue weighted by Crippen LogP contribution is -1.97. The van der Waals surface area contributed by atoms with Gasteiger partial charge in [-0.05, 0) is 24.1 Å². The third-order valence-corrected chi connectivity index (χ3v) is 2.18. The van der Waals surface area contributed by atoms with Crippen LogP contribution in [0.3, 0.4) is 0 Å². The Balaban J connectivity index is 3.01. The van der Waals surface area contributed by atoms with Crippen LogP contribution in [0.5, 0.6) is 11.5 Å². The van der Waals surface area contributed by atoms with Crippen LogP contribution in [-0.2, 0) is 0 Å². The van der Waals surface area contributed by atoms with Crippen molar-refractivity contribution in [1.82, 2.24) is 0 Å². The molecule has 0 amide bonds. The number of aliphatic hydroxyl groups excluding tert-OH is 1. The molecule has 0 fully saturated rings. The summed E-state index contributed by atoms with van der Waals surface area (Å²) in [6.07, 6.45) is 0.255. The van der Waals surface area contributed by atoms with Gasteiger partial charge in [0.15, 0.2) is 11.5 Å². The molecule has 3 heteroatoms. The lowest BCUT2D eigenvalue weighted by molar-refractivity contribution is 0.173. The largest absolute Gasteiger partial charge is 0.493 e. The molecule has 1 aromatic carbocycles. The van der Waals surface area contributed by atoms with Gasteiger partial charge < -0.3 is 14.6 Å². The van der Waals surface area contributed by atoms with Gasteiger partial charge in [-0.3, -0.25) is 0 Å². The Morgan fingerprint density at radius 2 is 1.86 bits per heavy atom. The van der Waals surface area contributed by atoms with E-state index in [1.807, 2.05) is 13.0 Å². The van der Waals surface area contributed by atoms with Gasteiger partial charge in [0.05, 0.1) is 20.3 Å². The maximum Gasteiger partial charge on any atom is 0.161 e. The molecule has 14 heavy (non-hydrogen) atoms. The smallest absolute Gasteiger partial charge is 0.161 e. The average molecular weight is 196 g/mol. The van der Waals surface area contributed by atoms with Crippen LogP contribution in [0, 0.1) is 0 Å². The van der Waals surface area contributed by atoms with Gasteiger partial charge in [0.1, 0.15) is 0 Å². The van der Waals surface area contributed by atoms with E-state index < -0.39 is 6.10 Å². The maximum atomic E-state index is 9.62. The highest BCUT2D eigenvalue weighted by atomic mass is 16.5. The molecular weight excluding hydrogens is 180 g/mol. The molecule has 0 radical (unpaired) electrons. The molecule has 1 aromatic rings. The van der Waals surface area contributed by atoms with E-state index in [1.54, 1.807) is 26.4 Å². The van der Waals surface area contributed by atoms with Gasteiger partial charge in [0, 0.05) is 0 Å². The predicted octanol–water partition coefficient (Wildman–Crippen LogP) is 2.15. The van der Waals surface area contributed by atoms with Crippen molar-refractivity contribution in [3.8, 4) is 11.5 Å². The number of hydrogen-bond acceptors (Lipinski definition) is 3. The highest BCUT2D eigenvalue weighted by Crippen LogP contribution is 2.30. The standard InChI is InChI=1S/C11H16O3/c1-4-9(12)8-5-6-10(13-2)11(7-8)14-3/h5-7,9,12H,4H2,1-3H3/t9-/m1/s1. The first-order valence-electron chi connectivity index (χ1n) is 4.63. The fraction of sp³-hybridized carbons (Fsp3) is 0.455. The highest BCUT2D eigenvalue weighted by Gasteiger charge is 2.09. The van der Waals surface area contributed by atoms with Gasteiger partial charge in [-0.25, -0.2) is 0 Å². The van der Waals surface area contributed by atoms with E-state index in [1.165, 1.54) is 0 Å². The molecule has 0 aromatic heterocycles. The van der Waals surface area contributed by atoms with Crippen molar-refractivity contribution in [2.24, 2.45) is 0 Å². The summed E-state index contributed by atoms with van der Waals surface area (Å²) >= 11 is 0. The van der Waals surface area contributed by atoms with Gasteiger partial charge in [0.25, 0.3) is 0 Å². The summed E-state index contributed by atoms with van der Waals surface area (Å²) in [4.78, 5) is 0. The molecule has 0 saturated carbocycles. The lowest BCUT2D eigenvalue weighted by Gasteiger charge is -2.12. The second-order valence-electron chi connectivity index (χ2n) is 3.04. The summed E-state index contributed by atoms with van der Waals surface area (Å²) in [6, 6.07) is 5.44. The number of ether oxygens (including phenoxy) is 2. The normalized spacial score (nSPS) is 12.3. The minimum Gasteiger partial charge on any atom is -0.493 e. The van der Waals surface area contributed by atoms with Crippen molar-refractivity contribution in [1.29, 1.82) is 0 Å². The van der Waals surface area contributed by atoms with Gasteiger partial charge in [-0.2, -0.15) is 0 Å². The van der Waals surface area contributed by atoms with Crippen molar-refractivity contribution >= 4 is 0 Å². The van der Waals surface area contributed by atoms with E-state index in [2.05, 4.69) is 0 Å². The summed E-state index contributed by atoms with van der Waals surface area (Å²) in [5.74, 6) is 1.33. The Morgan fingerprint density at radius 3 is 2.36 bits per heavy atom. The topological polar surface area (TPSA) is 38.7 Å². The molecule has 0 aliphatic rings. The number of aliphatic hydroxyl groups is 1. The van der Waals surface area contributed by atoms with Gasteiger partial charge in [-0.1, -0.05) is 13.0 Å². The fourth-order valence-electron chi connectivity index (χ4n) is 1.30. The van der Waals surface area contributed by atoms with E-state index in [4.69, 9.17) is 9.47 Å². The van der Waals surface area contributed by atoms with E-state index in [-0.39, 0.29) is 0 Å². The average Bonchev–Trinajstić information content (AvgIpc) is 2.26. The van der Waals surface area contributed by atoms with Crippen molar-refractivity contribution < 1.29 is 14.6 Å². The van der Waals surface area contributed by atoms with Crippen molar-refractivity contribution in [3.05, 3.63) is 23.8 Å². The van der Waals surface area contributed by atoms with Crippen LogP contribution in [0.4, 0.5) is 0 Å². The first kappa shape index (κ1) is 10.9. The van der Waals surface area contributed by atoms with E-state index in [0.29, 0.717) is 17.9 Å². The Morgan fingerprint density at radius 1 is 1.21 bits per heavy atom. The molecular formula is C11H16O3. The zero-order valence-electron chi connectivity index (χ0n) is 8.78. The van der Waals surface area contributed by atoms with Crippen LogP contribution >= 0.6 is 0 Å². The second-order valence-corrected chi connectivity index (χ2v) is 3.04. The predicted molar refractivity (Wildman–Crippen MR) is 54.8 cm³/mol. The molecule has 78 valence electrons. The fourth-order valence-corrected chi connectivity index (χ4v) is 1.30. The number of rotatable bonds is 4. The SMILES string of the molecule is CC[C@@H](O)c1ccc(OC)c(OC)c1. The van der Waals surface area contributed by atoms with Crippen LogP contribution in [0.1, 0.15) is 25.0 Å². The second kappa shape index (κ2) is 4.86. The summed E-state index contributed by atoms with van der Waals surface area (Å²) in [6.45, 7) is 1.93. The molecule has 0 aliphatic heterocycles. The molecule has 3 nitrogen and oxygen atoms in total. The number of hydrogen-bond donors (Lipinski definition) is 1. The highest BCUT2D eigenvalue weighted by molar-refractivity contribution is 5.43. The summed E-state index contributed by atoms with van der Waals surface area (Å²) in [5.41, 5.74) is 0.852. The Hall–Kier alpha value is -1.22. The molecule has 0 aliphatic carbocycles. The van der Waals surface area contributed by atoms with Crippen LogP contribution in [0.15, 0.2) is 18.2 Å². The van der Waals surface area contributed by atoms with Gasteiger partial charge >= 0.3 is 0 Å². The van der Waals surface area contributed by atoms with Crippen LogP contribution < -0.4 is 9.47 Å². The minimum absolute atomic E-state index is 0.435. The molecule has 0 unspecified atom stereocenters. The van der Waals surface area contributed by atoms with E-state index >= 15 is 0 Å². The Bertz CT molecular complexity index is 297. The maximum absolute atomic E-state index is 9.62. The third-order valence-electron chi connectivity index (χ3n) is 2.18. The molecule has 0 saturated heterocycles. The zero-order valence-corrected chi connectivity index (χ0v) is 8.78. The molecule has 1 rings (SSSR count). The minimum atomic E-state index is -0.435. The van der Waals surface area contributed by atoms with Gasteiger partial charge in [0.2, 0.25) is 0 Å².